The van der Waals surface area contributed by atoms with Crippen LogP contribution in [0.15, 0.2) is 23.2 Å². The number of benzene rings is 1. The first-order valence-corrected chi connectivity index (χ1v) is 4.90. The normalized spacial score (nSPS) is 11.9. The van der Waals surface area contributed by atoms with Gasteiger partial charge in [0.25, 0.3) is 0 Å². The molecule has 0 aliphatic rings. The molecule has 14 heavy (non-hydrogen) atoms. The van der Waals surface area contributed by atoms with Crippen molar-refractivity contribution in [1.29, 1.82) is 0 Å². The largest absolute Gasteiger partial charge is 0.390 e. The lowest BCUT2D eigenvalue weighted by molar-refractivity contribution is 0.357. The molecule has 0 atom stereocenters. The van der Waals surface area contributed by atoms with Gasteiger partial charge in [0.15, 0.2) is 0 Å². The first-order chi connectivity index (χ1) is 6.69. The van der Waals surface area contributed by atoms with Crippen LogP contribution in [0.4, 0.5) is 0 Å². The fourth-order valence-corrected chi connectivity index (χ4v) is 1.55. The third kappa shape index (κ3) is 2.42. The Morgan fingerprint density at radius 1 is 1.36 bits per heavy atom. The van der Waals surface area contributed by atoms with Gasteiger partial charge in [-0.3, -0.25) is 4.99 Å². The molecule has 0 aromatic heterocycles. The summed E-state index contributed by atoms with van der Waals surface area (Å²) >= 11 is 0. The summed E-state index contributed by atoms with van der Waals surface area (Å²) < 4.78 is 0. The van der Waals surface area contributed by atoms with Crippen LogP contribution in [0.1, 0.15) is 23.6 Å². The number of rotatable bonds is 3. The summed E-state index contributed by atoms with van der Waals surface area (Å²) in [5.74, 6) is 0. The molecule has 0 aliphatic heterocycles. The predicted octanol–water partition coefficient (Wildman–Crippen LogP) is 2.10. The molecule has 1 rings (SSSR count). The Labute approximate surface area is 85.3 Å². The van der Waals surface area contributed by atoms with E-state index in [1.165, 1.54) is 11.1 Å². The number of aliphatic imine (C=N–C) groups is 1. The monoisotopic (exact) mass is 191 g/mol. The van der Waals surface area contributed by atoms with Crippen LogP contribution < -0.4 is 0 Å². The van der Waals surface area contributed by atoms with Crippen molar-refractivity contribution in [2.24, 2.45) is 4.99 Å². The molecule has 0 amide bonds. The molecule has 0 spiro atoms. The Balaban J connectivity index is 3.11. The fraction of sp³-hybridized carbons (Fsp3) is 0.417. The second-order valence-corrected chi connectivity index (χ2v) is 3.40. The number of aryl methyl sites for hydroxylation is 2. The zero-order valence-corrected chi connectivity index (χ0v) is 9.04. The van der Waals surface area contributed by atoms with E-state index >= 15 is 0 Å². The standard InChI is InChI=1S/C12H17NO/c1-4-13-12(8-14)11-6-5-9(2)7-10(11)3/h5-7,14H,4,8H2,1-3H3. The maximum Gasteiger partial charge on any atom is 0.0854 e. The molecule has 0 bridgehead atoms. The van der Waals surface area contributed by atoms with Crippen molar-refractivity contribution in [3.05, 3.63) is 34.9 Å². The third-order valence-corrected chi connectivity index (χ3v) is 2.19. The van der Waals surface area contributed by atoms with E-state index < -0.39 is 0 Å². The van der Waals surface area contributed by atoms with Crippen LogP contribution in [0.5, 0.6) is 0 Å². The van der Waals surface area contributed by atoms with Crippen LogP contribution in [0.25, 0.3) is 0 Å². The van der Waals surface area contributed by atoms with Crippen LogP contribution >= 0.6 is 0 Å². The Hall–Kier alpha value is -1.15. The van der Waals surface area contributed by atoms with Gasteiger partial charge in [-0.2, -0.15) is 0 Å². The predicted molar refractivity (Wildman–Crippen MR) is 60.1 cm³/mol. The molecule has 1 N–H and O–H groups in total. The Bertz CT molecular complexity index is 342. The molecule has 0 heterocycles. The number of aliphatic hydroxyl groups excluding tert-OH is 1. The minimum Gasteiger partial charge on any atom is -0.390 e. The highest BCUT2D eigenvalue weighted by molar-refractivity contribution is 6.02. The summed E-state index contributed by atoms with van der Waals surface area (Å²) in [5, 5.41) is 9.17. The lowest BCUT2D eigenvalue weighted by Crippen LogP contribution is -2.09. The van der Waals surface area contributed by atoms with Crippen molar-refractivity contribution in [3.8, 4) is 0 Å². The molecule has 1 aromatic rings. The second-order valence-electron chi connectivity index (χ2n) is 3.40. The molecule has 2 heteroatoms. The zero-order chi connectivity index (χ0) is 10.6. The summed E-state index contributed by atoms with van der Waals surface area (Å²) in [6.07, 6.45) is 0. The highest BCUT2D eigenvalue weighted by atomic mass is 16.3. The van der Waals surface area contributed by atoms with Gasteiger partial charge >= 0.3 is 0 Å². The van der Waals surface area contributed by atoms with E-state index in [0.717, 1.165) is 11.3 Å². The van der Waals surface area contributed by atoms with Crippen LogP contribution in [0, 0.1) is 13.8 Å². The Morgan fingerprint density at radius 2 is 2.07 bits per heavy atom. The summed E-state index contributed by atoms with van der Waals surface area (Å²) in [6.45, 7) is 6.80. The average Bonchev–Trinajstić information content (AvgIpc) is 2.15. The third-order valence-electron chi connectivity index (χ3n) is 2.19. The highest BCUT2D eigenvalue weighted by Gasteiger charge is 2.04. The van der Waals surface area contributed by atoms with Crippen LogP contribution in [0.2, 0.25) is 0 Å². The molecule has 0 aliphatic carbocycles. The molecular weight excluding hydrogens is 174 g/mol. The van der Waals surface area contributed by atoms with Crippen LogP contribution in [-0.2, 0) is 0 Å². The first-order valence-electron chi connectivity index (χ1n) is 4.90. The highest BCUT2D eigenvalue weighted by Crippen LogP contribution is 2.11. The molecule has 0 fully saturated rings. The molecule has 1 aromatic carbocycles. The minimum absolute atomic E-state index is 0.0116. The first kappa shape index (κ1) is 10.9. The summed E-state index contributed by atoms with van der Waals surface area (Å²) in [4.78, 5) is 4.27. The molecule has 2 nitrogen and oxygen atoms in total. The van der Waals surface area contributed by atoms with Crippen molar-refractivity contribution < 1.29 is 5.11 Å². The van der Waals surface area contributed by atoms with Crippen molar-refractivity contribution in [2.75, 3.05) is 13.2 Å². The zero-order valence-electron chi connectivity index (χ0n) is 9.04. The average molecular weight is 191 g/mol. The number of aliphatic hydroxyl groups is 1. The number of hydrogen-bond acceptors (Lipinski definition) is 2. The lowest BCUT2D eigenvalue weighted by atomic mass is 10.0. The maximum absolute atomic E-state index is 9.17. The summed E-state index contributed by atoms with van der Waals surface area (Å²) in [5.41, 5.74) is 4.25. The topological polar surface area (TPSA) is 32.6 Å². The van der Waals surface area contributed by atoms with Crippen molar-refractivity contribution in [1.82, 2.24) is 0 Å². The van der Waals surface area contributed by atoms with E-state index in [9.17, 15) is 5.11 Å². The van der Waals surface area contributed by atoms with Gasteiger partial charge in [0.1, 0.15) is 0 Å². The fourth-order valence-electron chi connectivity index (χ4n) is 1.55. The van der Waals surface area contributed by atoms with Gasteiger partial charge in [-0.25, -0.2) is 0 Å². The minimum atomic E-state index is 0.0116. The van der Waals surface area contributed by atoms with Gasteiger partial charge in [0.2, 0.25) is 0 Å². The Kier molecular flexibility index (Phi) is 3.84. The van der Waals surface area contributed by atoms with Crippen LogP contribution in [-0.4, -0.2) is 24.0 Å². The van der Waals surface area contributed by atoms with Gasteiger partial charge in [-0.1, -0.05) is 23.8 Å². The summed E-state index contributed by atoms with van der Waals surface area (Å²) in [6, 6.07) is 6.18. The Morgan fingerprint density at radius 3 is 2.57 bits per heavy atom. The van der Waals surface area contributed by atoms with Gasteiger partial charge in [-0.05, 0) is 26.3 Å². The van der Waals surface area contributed by atoms with Crippen LogP contribution in [0.3, 0.4) is 0 Å². The number of nitrogens with zero attached hydrogens (tertiary/aromatic N) is 1. The smallest absolute Gasteiger partial charge is 0.0854 e. The molecule has 76 valence electrons. The van der Waals surface area contributed by atoms with Crippen molar-refractivity contribution >= 4 is 5.71 Å². The molecule has 0 unspecified atom stereocenters. The van der Waals surface area contributed by atoms with Crippen molar-refractivity contribution in [3.63, 3.8) is 0 Å². The quantitative estimate of drug-likeness (QED) is 0.729. The molecular formula is C12H17NO. The maximum atomic E-state index is 9.17. The van der Waals surface area contributed by atoms with E-state index in [4.69, 9.17) is 0 Å². The van der Waals surface area contributed by atoms with E-state index in [1.807, 2.05) is 26.0 Å². The molecule has 0 saturated carbocycles. The van der Waals surface area contributed by atoms with E-state index in [-0.39, 0.29) is 6.61 Å². The summed E-state index contributed by atoms with van der Waals surface area (Å²) in [7, 11) is 0. The van der Waals surface area contributed by atoms with Gasteiger partial charge < -0.3 is 5.11 Å². The van der Waals surface area contributed by atoms with Gasteiger partial charge in [0.05, 0.1) is 12.3 Å². The van der Waals surface area contributed by atoms with Crippen molar-refractivity contribution in [2.45, 2.75) is 20.8 Å². The molecule has 0 radical (unpaired) electrons. The van der Waals surface area contributed by atoms with Gasteiger partial charge in [-0.15, -0.1) is 0 Å². The lowest BCUT2D eigenvalue weighted by Gasteiger charge is -2.07. The van der Waals surface area contributed by atoms with E-state index in [2.05, 4.69) is 18.0 Å². The number of hydrogen-bond donors (Lipinski definition) is 1. The molecule has 0 saturated heterocycles. The van der Waals surface area contributed by atoms with Gasteiger partial charge in [0, 0.05) is 12.1 Å². The van der Waals surface area contributed by atoms with E-state index in [1.54, 1.807) is 0 Å². The second kappa shape index (κ2) is 4.91. The van der Waals surface area contributed by atoms with E-state index in [0.29, 0.717) is 6.54 Å². The SMILES string of the molecule is CCN=C(CO)c1ccc(C)cc1C.